The number of carboxylic acids is 1. The second kappa shape index (κ2) is 8.67. The van der Waals surface area contributed by atoms with Crippen molar-refractivity contribution in [1.82, 2.24) is 10.3 Å². The Bertz CT molecular complexity index is 764. The first kappa shape index (κ1) is 19.0. The highest BCUT2D eigenvalue weighted by Crippen LogP contribution is 2.29. The van der Waals surface area contributed by atoms with Crippen molar-refractivity contribution in [3.8, 4) is 5.75 Å². The van der Waals surface area contributed by atoms with Crippen molar-refractivity contribution < 1.29 is 19.4 Å². The highest BCUT2D eigenvalue weighted by Gasteiger charge is 2.19. The molecule has 1 amide bonds. The second-order valence-corrected chi connectivity index (χ2v) is 6.61. The van der Waals surface area contributed by atoms with Gasteiger partial charge >= 0.3 is 5.97 Å². The number of aromatic nitrogens is 1. The largest absolute Gasteiger partial charge is 0.481 e. The maximum absolute atomic E-state index is 12.0. The fourth-order valence-corrected chi connectivity index (χ4v) is 2.72. The van der Waals surface area contributed by atoms with Crippen molar-refractivity contribution in [3.05, 3.63) is 35.5 Å². The van der Waals surface area contributed by atoms with Crippen LogP contribution in [0.4, 0.5) is 0 Å². The van der Waals surface area contributed by atoms with E-state index in [1.807, 2.05) is 19.9 Å². The third-order valence-electron chi connectivity index (χ3n) is 3.69. The minimum atomic E-state index is -0.914. The highest BCUT2D eigenvalue weighted by molar-refractivity contribution is 6.35. The molecule has 1 aromatic carbocycles. The number of ether oxygens (including phenoxy) is 1. The van der Waals surface area contributed by atoms with E-state index in [2.05, 4.69) is 10.3 Å². The van der Waals surface area contributed by atoms with Gasteiger partial charge in [-0.1, -0.05) is 25.4 Å². The van der Waals surface area contributed by atoms with E-state index in [1.54, 1.807) is 24.4 Å². The van der Waals surface area contributed by atoms with Gasteiger partial charge < -0.3 is 15.2 Å². The number of hydrogen-bond acceptors (Lipinski definition) is 4. The Morgan fingerprint density at radius 3 is 2.76 bits per heavy atom. The molecule has 0 saturated carbocycles. The number of carbonyl (C=O) groups excluding carboxylic acids is 1. The molecule has 2 aromatic rings. The molecule has 0 spiro atoms. The van der Waals surface area contributed by atoms with Crippen molar-refractivity contribution >= 4 is 34.4 Å². The van der Waals surface area contributed by atoms with Gasteiger partial charge in [0.05, 0.1) is 10.9 Å². The third kappa shape index (κ3) is 5.32. The molecule has 0 aliphatic carbocycles. The molecule has 0 fully saturated rings. The van der Waals surface area contributed by atoms with Gasteiger partial charge in [0.2, 0.25) is 0 Å². The number of amides is 1. The summed E-state index contributed by atoms with van der Waals surface area (Å²) in [5.74, 6) is -1.22. The van der Waals surface area contributed by atoms with Crippen LogP contribution in [-0.4, -0.2) is 35.1 Å². The number of pyridine rings is 1. The fraction of sp³-hybridized carbons (Fsp3) is 0.389. The minimum Gasteiger partial charge on any atom is -0.481 e. The van der Waals surface area contributed by atoms with Crippen molar-refractivity contribution in [2.75, 3.05) is 13.2 Å². The van der Waals surface area contributed by atoms with E-state index in [0.717, 1.165) is 5.39 Å². The fourth-order valence-electron chi connectivity index (χ4n) is 2.50. The summed E-state index contributed by atoms with van der Waals surface area (Å²) in [5, 5.41) is 13.1. The van der Waals surface area contributed by atoms with E-state index >= 15 is 0 Å². The van der Waals surface area contributed by atoms with Crippen molar-refractivity contribution in [3.63, 3.8) is 0 Å². The first-order valence-corrected chi connectivity index (χ1v) is 8.41. The van der Waals surface area contributed by atoms with Crippen LogP contribution in [0.5, 0.6) is 5.75 Å². The second-order valence-electron chi connectivity index (χ2n) is 6.20. The van der Waals surface area contributed by atoms with Crippen LogP contribution in [0.2, 0.25) is 5.02 Å². The van der Waals surface area contributed by atoms with Gasteiger partial charge in [-0.25, -0.2) is 0 Å². The van der Waals surface area contributed by atoms with Crippen LogP contribution >= 0.6 is 11.6 Å². The lowest BCUT2D eigenvalue weighted by Gasteiger charge is -2.15. The van der Waals surface area contributed by atoms with Crippen molar-refractivity contribution in [1.29, 1.82) is 0 Å². The number of rotatable bonds is 8. The molecule has 0 bridgehead atoms. The topological polar surface area (TPSA) is 88.5 Å². The van der Waals surface area contributed by atoms with Gasteiger partial charge in [-0.05, 0) is 36.6 Å². The molecular weight excluding hydrogens is 344 g/mol. The summed E-state index contributed by atoms with van der Waals surface area (Å²) in [6, 6.07) is 6.93. The monoisotopic (exact) mass is 364 g/mol. The maximum Gasteiger partial charge on any atom is 0.308 e. The third-order valence-corrected chi connectivity index (χ3v) is 4.02. The lowest BCUT2D eigenvalue weighted by Crippen LogP contribution is -2.36. The number of aliphatic carboxylic acids is 1. The first-order chi connectivity index (χ1) is 11.9. The number of nitrogens with zero attached hydrogens (tertiary/aromatic N) is 1. The zero-order chi connectivity index (χ0) is 18.4. The number of benzene rings is 1. The standard InChI is InChI=1S/C18H21ClN2O4/c1-11(2)8-12(18(23)24)9-21-16(22)10-25-15-6-5-14(19)13-4-3-7-20-17(13)15/h3-7,11-12H,8-10H2,1-2H3,(H,21,22)(H,23,24). The average molecular weight is 365 g/mol. The predicted molar refractivity (Wildman–Crippen MR) is 95.8 cm³/mol. The van der Waals surface area contributed by atoms with Crippen molar-refractivity contribution in [2.24, 2.45) is 11.8 Å². The molecule has 2 N–H and O–H groups in total. The van der Waals surface area contributed by atoms with Gasteiger partial charge in [-0.15, -0.1) is 0 Å². The summed E-state index contributed by atoms with van der Waals surface area (Å²) >= 11 is 6.12. The Morgan fingerprint density at radius 2 is 2.08 bits per heavy atom. The molecule has 1 unspecified atom stereocenters. The molecule has 1 atom stereocenters. The summed E-state index contributed by atoms with van der Waals surface area (Å²) in [4.78, 5) is 27.4. The van der Waals surface area contributed by atoms with Crippen LogP contribution in [0, 0.1) is 11.8 Å². The number of hydrogen-bond donors (Lipinski definition) is 2. The SMILES string of the molecule is CC(C)CC(CNC(=O)COc1ccc(Cl)c2cccnc12)C(=O)O. The average Bonchev–Trinajstić information content (AvgIpc) is 2.57. The number of fused-ring (bicyclic) bond motifs is 1. The first-order valence-electron chi connectivity index (χ1n) is 8.04. The van der Waals surface area contributed by atoms with E-state index in [9.17, 15) is 14.7 Å². The molecule has 0 radical (unpaired) electrons. The van der Waals surface area contributed by atoms with Crippen molar-refractivity contribution in [2.45, 2.75) is 20.3 Å². The van der Waals surface area contributed by atoms with E-state index in [4.69, 9.17) is 16.3 Å². The summed E-state index contributed by atoms with van der Waals surface area (Å²) in [6.07, 6.45) is 2.12. The van der Waals surface area contributed by atoms with Gasteiger partial charge in [-0.3, -0.25) is 14.6 Å². The molecule has 134 valence electrons. The summed E-state index contributed by atoms with van der Waals surface area (Å²) in [6.45, 7) is 3.75. The van der Waals surface area contributed by atoms with E-state index in [-0.39, 0.29) is 25.0 Å². The Balaban J connectivity index is 1.94. The van der Waals surface area contributed by atoms with Crippen LogP contribution in [0.1, 0.15) is 20.3 Å². The minimum absolute atomic E-state index is 0.0787. The normalized spacial score (nSPS) is 12.2. The Labute approximate surface area is 151 Å². The lowest BCUT2D eigenvalue weighted by atomic mass is 9.97. The predicted octanol–water partition coefficient (Wildman–Crippen LogP) is 3.13. The van der Waals surface area contributed by atoms with Gasteiger partial charge in [0.1, 0.15) is 11.3 Å². The zero-order valence-electron chi connectivity index (χ0n) is 14.2. The Morgan fingerprint density at radius 1 is 1.32 bits per heavy atom. The molecule has 0 aliphatic rings. The smallest absolute Gasteiger partial charge is 0.308 e. The molecule has 6 nitrogen and oxygen atoms in total. The quantitative estimate of drug-likeness (QED) is 0.751. The number of nitrogens with one attached hydrogen (secondary N) is 1. The lowest BCUT2D eigenvalue weighted by molar-refractivity contribution is -0.142. The van der Waals surface area contributed by atoms with Crippen LogP contribution in [0.15, 0.2) is 30.5 Å². The molecule has 2 rings (SSSR count). The van der Waals surface area contributed by atoms with Gasteiger partial charge in [0, 0.05) is 18.1 Å². The van der Waals surface area contributed by atoms with Crippen LogP contribution in [0.25, 0.3) is 10.9 Å². The summed E-state index contributed by atoms with van der Waals surface area (Å²) in [5.41, 5.74) is 0.575. The summed E-state index contributed by atoms with van der Waals surface area (Å²) in [7, 11) is 0. The highest BCUT2D eigenvalue weighted by atomic mass is 35.5. The zero-order valence-corrected chi connectivity index (χ0v) is 14.9. The van der Waals surface area contributed by atoms with Crippen LogP contribution < -0.4 is 10.1 Å². The number of carboxylic acid groups (broad SMARTS) is 1. The molecular formula is C18H21ClN2O4. The molecule has 7 heteroatoms. The molecule has 25 heavy (non-hydrogen) atoms. The number of halogens is 1. The van der Waals surface area contributed by atoms with Gasteiger partial charge in [0.15, 0.2) is 6.61 Å². The van der Waals surface area contributed by atoms with Crippen LogP contribution in [0.3, 0.4) is 0 Å². The molecule has 0 saturated heterocycles. The van der Waals surface area contributed by atoms with E-state index < -0.39 is 11.9 Å². The summed E-state index contributed by atoms with van der Waals surface area (Å²) < 4.78 is 5.53. The molecule has 1 heterocycles. The van der Waals surface area contributed by atoms with Gasteiger partial charge in [0.25, 0.3) is 5.91 Å². The van der Waals surface area contributed by atoms with E-state index in [1.165, 1.54) is 0 Å². The van der Waals surface area contributed by atoms with E-state index in [0.29, 0.717) is 22.7 Å². The maximum atomic E-state index is 12.0. The Kier molecular flexibility index (Phi) is 6.58. The molecule has 1 aromatic heterocycles. The van der Waals surface area contributed by atoms with Gasteiger partial charge in [-0.2, -0.15) is 0 Å². The molecule has 0 aliphatic heterocycles. The number of carbonyl (C=O) groups is 2. The Hall–Kier alpha value is -2.34. The van der Waals surface area contributed by atoms with Crippen LogP contribution in [-0.2, 0) is 9.59 Å².